The highest BCUT2D eigenvalue weighted by molar-refractivity contribution is 5.85. The third-order valence-corrected chi connectivity index (χ3v) is 3.48. The van der Waals surface area contributed by atoms with Gasteiger partial charge < -0.3 is 15.4 Å². The van der Waals surface area contributed by atoms with Crippen LogP contribution in [0.25, 0.3) is 0 Å². The van der Waals surface area contributed by atoms with Crippen LogP contribution in [0.2, 0.25) is 0 Å². The highest BCUT2D eigenvalue weighted by Gasteiger charge is 2.25. The van der Waals surface area contributed by atoms with E-state index in [9.17, 15) is 4.79 Å². The molecule has 2 N–H and O–H groups in total. The number of carbonyl (C=O) groups is 1. The minimum atomic E-state index is -0.500. The Balaban J connectivity index is 2.11. The van der Waals surface area contributed by atoms with Gasteiger partial charge in [-0.1, -0.05) is 26.2 Å². The molecule has 1 aliphatic rings. The highest BCUT2D eigenvalue weighted by Crippen LogP contribution is 2.19. The van der Waals surface area contributed by atoms with Crippen LogP contribution in [0.4, 0.5) is 0 Å². The lowest BCUT2D eigenvalue weighted by Gasteiger charge is -2.25. The number of hydrogen-bond donors (Lipinski definition) is 2. The molecule has 0 aromatic rings. The molecule has 0 heterocycles. The number of nitrogens with one attached hydrogen (secondary N) is 2. The van der Waals surface area contributed by atoms with Crippen molar-refractivity contribution in [1.82, 2.24) is 10.6 Å². The van der Waals surface area contributed by atoms with E-state index in [-0.39, 0.29) is 5.91 Å². The first-order valence-electron chi connectivity index (χ1n) is 7.21. The van der Waals surface area contributed by atoms with Crippen molar-refractivity contribution in [3.05, 3.63) is 0 Å². The molecule has 106 valence electrons. The second-order valence-corrected chi connectivity index (χ2v) is 5.54. The molecule has 0 aliphatic heterocycles. The minimum Gasteiger partial charge on any atom is -0.376 e. The first-order chi connectivity index (χ1) is 8.56. The molecule has 0 bridgehead atoms. The fourth-order valence-electron chi connectivity index (χ4n) is 2.37. The SMILES string of the molecule is CCNC(C)(C)C(=O)NCCOC1CCCCC1. The van der Waals surface area contributed by atoms with Crippen molar-refractivity contribution in [1.29, 1.82) is 0 Å². The van der Waals surface area contributed by atoms with Gasteiger partial charge in [-0.05, 0) is 33.2 Å². The molecular weight excluding hydrogens is 228 g/mol. The molecule has 0 aromatic heterocycles. The van der Waals surface area contributed by atoms with E-state index in [0.717, 1.165) is 6.54 Å². The van der Waals surface area contributed by atoms with Gasteiger partial charge in [0.1, 0.15) is 0 Å². The zero-order valence-electron chi connectivity index (χ0n) is 12.1. The average Bonchev–Trinajstić information content (AvgIpc) is 2.35. The van der Waals surface area contributed by atoms with Gasteiger partial charge in [0.2, 0.25) is 5.91 Å². The van der Waals surface area contributed by atoms with Crippen LogP contribution in [-0.2, 0) is 9.53 Å². The Morgan fingerprint density at radius 1 is 1.28 bits per heavy atom. The first-order valence-corrected chi connectivity index (χ1v) is 7.21. The summed E-state index contributed by atoms with van der Waals surface area (Å²) in [5.74, 6) is 0.0385. The van der Waals surface area contributed by atoms with Crippen LogP contribution >= 0.6 is 0 Å². The Morgan fingerprint density at radius 2 is 1.94 bits per heavy atom. The minimum absolute atomic E-state index is 0.0385. The van der Waals surface area contributed by atoms with Gasteiger partial charge in [-0.2, -0.15) is 0 Å². The van der Waals surface area contributed by atoms with E-state index in [2.05, 4.69) is 10.6 Å². The Morgan fingerprint density at radius 3 is 2.56 bits per heavy atom. The van der Waals surface area contributed by atoms with E-state index in [4.69, 9.17) is 4.74 Å². The summed E-state index contributed by atoms with van der Waals surface area (Å²) in [6, 6.07) is 0. The molecule has 1 saturated carbocycles. The third-order valence-electron chi connectivity index (χ3n) is 3.48. The summed E-state index contributed by atoms with van der Waals surface area (Å²) in [6.07, 6.45) is 6.67. The first kappa shape index (κ1) is 15.4. The molecule has 4 heteroatoms. The van der Waals surface area contributed by atoms with Crippen molar-refractivity contribution >= 4 is 5.91 Å². The quantitative estimate of drug-likeness (QED) is 0.683. The van der Waals surface area contributed by atoms with E-state index in [1.807, 2.05) is 20.8 Å². The van der Waals surface area contributed by atoms with Gasteiger partial charge in [-0.25, -0.2) is 0 Å². The predicted molar refractivity (Wildman–Crippen MR) is 73.6 cm³/mol. The largest absolute Gasteiger partial charge is 0.376 e. The summed E-state index contributed by atoms with van der Waals surface area (Å²) in [5, 5.41) is 6.08. The van der Waals surface area contributed by atoms with Gasteiger partial charge in [0.25, 0.3) is 0 Å². The predicted octanol–water partition coefficient (Wildman–Crippen LogP) is 1.84. The highest BCUT2D eigenvalue weighted by atomic mass is 16.5. The maximum atomic E-state index is 11.9. The summed E-state index contributed by atoms with van der Waals surface area (Å²) in [4.78, 5) is 11.9. The summed E-state index contributed by atoms with van der Waals surface area (Å²) in [5.41, 5.74) is -0.500. The van der Waals surface area contributed by atoms with E-state index >= 15 is 0 Å². The monoisotopic (exact) mass is 256 g/mol. The lowest BCUT2D eigenvalue weighted by atomic mass is 9.98. The number of ether oxygens (including phenoxy) is 1. The molecule has 0 aromatic carbocycles. The van der Waals surface area contributed by atoms with E-state index in [1.54, 1.807) is 0 Å². The van der Waals surface area contributed by atoms with E-state index in [0.29, 0.717) is 19.3 Å². The lowest BCUT2D eigenvalue weighted by molar-refractivity contribution is -0.126. The Labute approximate surface area is 111 Å². The number of carbonyl (C=O) groups excluding carboxylic acids is 1. The fraction of sp³-hybridized carbons (Fsp3) is 0.929. The summed E-state index contributed by atoms with van der Waals surface area (Å²) in [7, 11) is 0. The van der Waals surface area contributed by atoms with Crippen molar-refractivity contribution in [2.75, 3.05) is 19.7 Å². The van der Waals surface area contributed by atoms with E-state index < -0.39 is 5.54 Å². The molecule has 0 saturated heterocycles. The zero-order valence-corrected chi connectivity index (χ0v) is 12.1. The van der Waals surface area contributed by atoms with Crippen LogP contribution in [0.1, 0.15) is 52.9 Å². The van der Waals surface area contributed by atoms with Crippen molar-refractivity contribution in [2.45, 2.75) is 64.5 Å². The molecule has 1 amide bonds. The Bertz CT molecular complexity index is 248. The van der Waals surface area contributed by atoms with Crippen molar-refractivity contribution in [3.8, 4) is 0 Å². The smallest absolute Gasteiger partial charge is 0.239 e. The van der Waals surface area contributed by atoms with Crippen molar-refractivity contribution in [3.63, 3.8) is 0 Å². The van der Waals surface area contributed by atoms with Crippen LogP contribution in [0.3, 0.4) is 0 Å². The molecule has 1 rings (SSSR count). The second-order valence-electron chi connectivity index (χ2n) is 5.54. The average molecular weight is 256 g/mol. The van der Waals surface area contributed by atoms with Gasteiger partial charge >= 0.3 is 0 Å². The molecule has 4 nitrogen and oxygen atoms in total. The van der Waals surface area contributed by atoms with Crippen LogP contribution in [0, 0.1) is 0 Å². The van der Waals surface area contributed by atoms with Gasteiger partial charge in [0, 0.05) is 6.54 Å². The molecule has 0 unspecified atom stereocenters. The summed E-state index contributed by atoms with van der Waals surface area (Å²) >= 11 is 0. The zero-order chi connectivity index (χ0) is 13.4. The Hall–Kier alpha value is -0.610. The van der Waals surface area contributed by atoms with Gasteiger partial charge in [0.15, 0.2) is 0 Å². The topological polar surface area (TPSA) is 50.4 Å². The van der Waals surface area contributed by atoms with Gasteiger partial charge in [-0.3, -0.25) is 4.79 Å². The molecule has 18 heavy (non-hydrogen) atoms. The summed E-state index contributed by atoms with van der Waals surface area (Å²) < 4.78 is 5.77. The molecular formula is C14H28N2O2. The van der Waals surface area contributed by atoms with Crippen molar-refractivity contribution < 1.29 is 9.53 Å². The standard InChI is InChI=1S/C14H28N2O2/c1-4-16-14(2,3)13(17)15-10-11-18-12-8-6-5-7-9-12/h12,16H,4-11H2,1-3H3,(H,15,17). The molecule has 1 fully saturated rings. The maximum Gasteiger partial charge on any atom is 0.239 e. The van der Waals surface area contributed by atoms with E-state index in [1.165, 1.54) is 32.1 Å². The molecule has 0 spiro atoms. The molecule has 0 atom stereocenters. The number of likely N-dealkylation sites (N-methyl/N-ethyl adjacent to an activating group) is 1. The summed E-state index contributed by atoms with van der Waals surface area (Å²) in [6.45, 7) is 7.81. The number of hydrogen-bond acceptors (Lipinski definition) is 3. The van der Waals surface area contributed by atoms with Crippen LogP contribution < -0.4 is 10.6 Å². The van der Waals surface area contributed by atoms with Gasteiger partial charge in [0.05, 0.1) is 18.2 Å². The van der Waals surface area contributed by atoms with Crippen LogP contribution in [-0.4, -0.2) is 37.2 Å². The third kappa shape index (κ3) is 5.36. The normalized spacial score (nSPS) is 17.7. The van der Waals surface area contributed by atoms with Crippen LogP contribution in [0.15, 0.2) is 0 Å². The van der Waals surface area contributed by atoms with Crippen molar-refractivity contribution in [2.24, 2.45) is 0 Å². The molecule has 1 aliphatic carbocycles. The second kappa shape index (κ2) is 7.74. The lowest BCUT2D eigenvalue weighted by Crippen LogP contribution is -2.53. The number of rotatable bonds is 7. The van der Waals surface area contributed by atoms with Gasteiger partial charge in [-0.15, -0.1) is 0 Å². The Kier molecular flexibility index (Phi) is 6.65. The molecule has 0 radical (unpaired) electrons. The number of amides is 1. The van der Waals surface area contributed by atoms with Crippen LogP contribution in [0.5, 0.6) is 0 Å². The maximum absolute atomic E-state index is 11.9. The fourth-order valence-corrected chi connectivity index (χ4v) is 2.37.